The first-order chi connectivity index (χ1) is 26.6. The van der Waals surface area contributed by atoms with Crippen molar-refractivity contribution in [2.24, 2.45) is 0 Å². The molecule has 11 rings (SSSR count). The molecule has 1 heterocycles. The number of hydrogen-bond acceptors (Lipinski definition) is 2. The van der Waals surface area contributed by atoms with Crippen molar-refractivity contribution in [3.05, 3.63) is 221 Å². The summed E-state index contributed by atoms with van der Waals surface area (Å²) in [6.45, 7) is 4.76. The van der Waals surface area contributed by atoms with E-state index < -0.39 is 5.41 Å². The number of para-hydroxylation sites is 1. The van der Waals surface area contributed by atoms with Gasteiger partial charge in [-0.05, 0) is 92.0 Å². The fourth-order valence-electron chi connectivity index (χ4n) is 9.85. The molecule has 2 aliphatic carbocycles. The Labute approximate surface area is 320 Å². The summed E-state index contributed by atoms with van der Waals surface area (Å²) in [6.07, 6.45) is 0. The molecule has 2 aliphatic rings. The van der Waals surface area contributed by atoms with Crippen LogP contribution in [0.5, 0.6) is 0 Å². The molecule has 2 heteroatoms. The number of anilines is 3. The summed E-state index contributed by atoms with van der Waals surface area (Å²) in [4.78, 5) is 2.57. The van der Waals surface area contributed by atoms with Crippen molar-refractivity contribution in [3.63, 3.8) is 0 Å². The molecule has 256 valence electrons. The average Bonchev–Trinajstić information content (AvgIpc) is 3.83. The predicted molar refractivity (Wildman–Crippen MR) is 229 cm³/mol. The van der Waals surface area contributed by atoms with Crippen LogP contribution in [0.2, 0.25) is 0 Å². The van der Waals surface area contributed by atoms with Crippen LogP contribution in [0.4, 0.5) is 17.1 Å². The first-order valence-electron chi connectivity index (χ1n) is 18.9. The highest BCUT2D eigenvalue weighted by atomic mass is 32.1. The maximum absolute atomic E-state index is 2.57. The van der Waals surface area contributed by atoms with Crippen LogP contribution >= 0.6 is 11.3 Å². The highest BCUT2D eigenvalue weighted by molar-refractivity contribution is 7.26. The monoisotopic (exact) mass is 707 g/mol. The van der Waals surface area contributed by atoms with E-state index in [4.69, 9.17) is 0 Å². The van der Waals surface area contributed by atoms with Crippen LogP contribution in [-0.2, 0) is 10.8 Å². The highest BCUT2D eigenvalue weighted by Gasteiger charge is 2.48. The number of fused-ring (bicyclic) bond motifs is 9. The molecule has 0 bridgehead atoms. The fraction of sp³-hybridized carbons (Fsp3) is 0.0769. The molecule has 0 amide bonds. The summed E-state index contributed by atoms with van der Waals surface area (Å²) in [7, 11) is 0. The molecule has 0 saturated heterocycles. The normalized spacial score (nSPS) is 14.4. The lowest BCUT2D eigenvalue weighted by atomic mass is 9.67. The van der Waals surface area contributed by atoms with E-state index in [0.29, 0.717) is 0 Å². The zero-order valence-electron chi connectivity index (χ0n) is 30.3. The molecule has 0 saturated carbocycles. The molecule has 0 fully saturated rings. The van der Waals surface area contributed by atoms with Gasteiger partial charge in [0.05, 0.1) is 16.8 Å². The molecule has 0 aliphatic heterocycles. The van der Waals surface area contributed by atoms with Crippen molar-refractivity contribution < 1.29 is 0 Å². The molecule has 9 aromatic rings. The molecular formula is C52H37NS. The van der Waals surface area contributed by atoms with Crippen LogP contribution in [0.3, 0.4) is 0 Å². The van der Waals surface area contributed by atoms with Gasteiger partial charge in [0.1, 0.15) is 0 Å². The summed E-state index contributed by atoms with van der Waals surface area (Å²) in [5.41, 5.74) is 16.0. The van der Waals surface area contributed by atoms with Gasteiger partial charge in [0.15, 0.2) is 0 Å². The summed E-state index contributed by atoms with van der Waals surface area (Å²) in [5, 5.41) is 2.58. The number of nitrogens with zero attached hydrogens (tertiary/aromatic N) is 1. The van der Waals surface area contributed by atoms with Crippen molar-refractivity contribution in [2.45, 2.75) is 24.7 Å². The first kappa shape index (κ1) is 31.3. The summed E-state index contributed by atoms with van der Waals surface area (Å²) < 4.78 is 2.59. The van der Waals surface area contributed by atoms with Crippen LogP contribution in [0.15, 0.2) is 188 Å². The van der Waals surface area contributed by atoms with Gasteiger partial charge >= 0.3 is 0 Å². The lowest BCUT2D eigenvalue weighted by molar-refractivity contribution is 0.660. The van der Waals surface area contributed by atoms with Gasteiger partial charge in [0, 0.05) is 31.3 Å². The predicted octanol–water partition coefficient (Wildman–Crippen LogP) is 14.2. The van der Waals surface area contributed by atoms with Gasteiger partial charge in [-0.25, -0.2) is 0 Å². The summed E-state index contributed by atoms with van der Waals surface area (Å²) in [5.74, 6) is 0. The molecule has 0 spiro atoms. The number of rotatable bonds is 5. The Morgan fingerprint density at radius 3 is 1.69 bits per heavy atom. The Kier molecular flexibility index (Phi) is 6.75. The lowest BCUT2D eigenvalue weighted by Crippen LogP contribution is -2.30. The summed E-state index contributed by atoms with van der Waals surface area (Å²) in [6, 6.07) is 70.3. The van der Waals surface area contributed by atoms with E-state index in [0.717, 1.165) is 5.69 Å². The second-order valence-electron chi connectivity index (χ2n) is 15.2. The topological polar surface area (TPSA) is 3.24 Å². The molecule has 8 aromatic carbocycles. The van der Waals surface area contributed by atoms with Crippen LogP contribution in [0.25, 0.3) is 42.4 Å². The van der Waals surface area contributed by atoms with E-state index in [2.05, 4.69) is 207 Å². The third kappa shape index (κ3) is 4.20. The van der Waals surface area contributed by atoms with Crippen molar-refractivity contribution >= 4 is 48.6 Å². The van der Waals surface area contributed by atoms with Crippen molar-refractivity contribution in [2.75, 3.05) is 4.90 Å². The van der Waals surface area contributed by atoms with Gasteiger partial charge in [0.25, 0.3) is 0 Å². The van der Waals surface area contributed by atoms with Crippen molar-refractivity contribution in [1.82, 2.24) is 0 Å². The molecule has 0 radical (unpaired) electrons. The smallest absolute Gasteiger partial charge is 0.0733 e. The SMILES string of the molecule is CC1(C)c2ccccc2-c2ccc(N(c3ccccc3C3(c4ccccc4)c4ccccc4-c4ccccc43)c3cccc4sc5ccccc5c34)cc21. The Hall–Kier alpha value is -6.22. The maximum atomic E-state index is 2.57. The van der Waals surface area contributed by atoms with Gasteiger partial charge in [-0.1, -0.05) is 166 Å². The largest absolute Gasteiger partial charge is 0.309 e. The van der Waals surface area contributed by atoms with Crippen LogP contribution in [0, 0.1) is 0 Å². The molecule has 0 atom stereocenters. The second-order valence-corrected chi connectivity index (χ2v) is 16.3. The maximum Gasteiger partial charge on any atom is 0.0733 e. The summed E-state index contributed by atoms with van der Waals surface area (Å²) >= 11 is 1.88. The van der Waals surface area contributed by atoms with Gasteiger partial charge < -0.3 is 4.90 Å². The Morgan fingerprint density at radius 2 is 0.944 bits per heavy atom. The van der Waals surface area contributed by atoms with Crippen LogP contribution in [0.1, 0.15) is 47.2 Å². The number of benzene rings is 8. The molecular weight excluding hydrogens is 671 g/mol. The minimum Gasteiger partial charge on any atom is -0.309 e. The zero-order chi connectivity index (χ0) is 36.0. The Morgan fingerprint density at radius 1 is 0.407 bits per heavy atom. The minimum absolute atomic E-state index is 0.136. The fourth-order valence-corrected chi connectivity index (χ4v) is 11.0. The van der Waals surface area contributed by atoms with E-state index >= 15 is 0 Å². The lowest BCUT2D eigenvalue weighted by Gasteiger charge is -2.38. The van der Waals surface area contributed by atoms with E-state index in [-0.39, 0.29) is 5.41 Å². The van der Waals surface area contributed by atoms with Crippen molar-refractivity contribution in [3.8, 4) is 22.3 Å². The standard InChI is InChI=1S/C52H37NS/c1-51(2)41-23-10-6-19-36(41)39-32-31-35(33-45(39)51)53(47-28-16-30-49-50(47)40-22-9-15-29-48(40)54-49)46-27-14-13-26-44(46)52(34-17-4-3-5-18-34)42-24-11-7-20-37(42)38-21-8-12-25-43(38)52/h3-33H,1-2H3. The van der Waals surface area contributed by atoms with E-state index in [1.165, 1.54) is 87.2 Å². The van der Waals surface area contributed by atoms with E-state index in [1.54, 1.807) is 0 Å². The Balaban J connectivity index is 1.26. The quantitative estimate of drug-likeness (QED) is 0.172. The molecule has 0 N–H and O–H groups in total. The molecule has 54 heavy (non-hydrogen) atoms. The van der Waals surface area contributed by atoms with E-state index in [9.17, 15) is 0 Å². The van der Waals surface area contributed by atoms with Gasteiger partial charge in [-0.2, -0.15) is 0 Å². The number of hydrogen-bond donors (Lipinski definition) is 0. The average molecular weight is 708 g/mol. The highest BCUT2D eigenvalue weighted by Crippen LogP contribution is 2.59. The van der Waals surface area contributed by atoms with Gasteiger partial charge in [-0.3, -0.25) is 0 Å². The minimum atomic E-state index is -0.555. The van der Waals surface area contributed by atoms with Gasteiger partial charge in [0.2, 0.25) is 0 Å². The molecule has 1 nitrogen and oxygen atoms in total. The first-order valence-corrected chi connectivity index (χ1v) is 19.7. The molecule has 1 aromatic heterocycles. The van der Waals surface area contributed by atoms with E-state index in [1.807, 2.05) is 11.3 Å². The van der Waals surface area contributed by atoms with Gasteiger partial charge in [-0.15, -0.1) is 11.3 Å². The van der Waals surface area contributed by atoms with Crippen LogP contribution in [-0.4, -0.2) is 0 Å². The third-order valence-electron chi connectivity index (χ3n) is 12.2. The Bertz CT molecular complexity index is 2890. The molecule has 0 unspecified atom stereocenters. The number of thiophene rings is 1. The zero-order valence-corrected chi connectivity index (χ0v) is 31.1. The second kappa shape index (κ2) is 11.6. The van der Waals surface area contributed by atoms with Crippen LogP contribution < -0.4 is 4.90 Å². The van der Waals surface area contributed by atoms with Crippen molar-refractivity contribution in [1.29, 1.82) is 0 Å². The third-order valence-corrected chi connectivity index (χ3v) is 13.3.